The van der Waals surface area contributed by atoms with Gasteiger partial charge in [0.25, 0.3) is 5.91 Å². The zero-order valence-corrected chi connectivity index (χ0v) is 14.3. The van der Waals surface area contributed by atoms with Crippen LogP contribution in [0.3, 0.4) is 0 Å². The molecule has 0 spiro atoms. The van der Waals surface area contributed by atoms with Crippen LogP contribution in [0.5, 0.6) is 0 Å². The molecule has 1 heterocycles. The van der Waals surface area contributed by atoms with Gasteiger partial charge in [-0.25, -0.2) is 5.43 Å². The zero-order chi connectivity index (χ0) is 16.8. The largest absolute Gasteiger partial charge is 0.272 e. The minimum Gasteiger partial charge on any atom is -0.267 e. The number of hydrazone groups is 1. The van der Waals surface area contributed by atoms with E-state index in [9.17, 15) is 4.79 Å². The van der Waals surface area contributed by atoms with Gasteiger partial charge in [0.1, 0.15) is 0 Å². The van der Waals surface area contributed by atoms with E-state index >= 15 is 0 Å². The normalized spacial score (nSPS) is 11.1. The van der Waals surface area contributed by atoms with Crippen LogP contribution in [0.15, 0.2) is 88.7 Å². The summed E-state index contributed by atoms with van der Waals surface area (Å²) in [5.41, 5.74) is 5.60. The van der Waals surface area contributed by atoms with E-state index in [1.165, 1.54) is 6.20 Å². The maximum Gasteiger partial charge on any atom is 0.272 e. The van der Waals surface area contributed by atoms with Gasteiger partial charge in [0.15, 0.2) is 0 Å². The lowest BCUT2D eigenvalue weighted by Crippen LogP contribution is -2.20. The molecule has 2 aromatic carbocycles. The lowest BCUT2D eigenvalue weighted by molar-refractivity contribution is 0.0954. The topological polar surface area (TPSA) is 54.4 Å². The van der Waals surface area contributed by atoms with E-state index in [2.05, 4.69) is 31.4 Å². The van der Waals surface area contributed by atoms with E-state index in [-0.39, 0.29) is 5.91 Å². The van der Waals surface area contributed by atoms with E-state index in [1.807, 2.05) is 54.6 Å². The third-order valence-corrected chi connectivity index (χ3v) is 3.89. The molecule has 0 fully saturated rings. The highest BCUT2D eigenvalue weighted by Crippen LogP contribution is 2.15. The van der Waals surface area contributed by atoms with Crippen LogP contribution in [0.2, 0.25) is 0 Å². The van der Waals surface area contributed by atoms with Gasteiger partial charge in [-0.1, -0.05) is 58.4 Å². The molecule has 0 aliphatic heterocycles. The lowest BCUT2D eigenvalue weighted by Gasteiger charge is -2.08. The Morgan fingerprint density at radius 3 is 2.21 bits per heavy atom. The van der Waals surface area contributed by atoms with Crippen molar-refractivity contribution in [1.82, 2.24) is 10.4 Å². The number of hydrogen-bond donors (Lipinski definition) is 1. The van der Waals surface area contributed by atoms with Gasteiger partial charge >= 0.3 is 0 Å². The summed E-state index contributed by atoms with van der Waals surface area (Å²) in [4.78, 5) is 16.1. The third kappa shape index (κ3) is 3.94. The van der Waals surface area contributed by atoms with E-state index in [1.54, 1.807) is 18.3 Å². The Morgan fingerprint density at radius 1 is 0.875 bits per heavy atom. The van der Waals surface area contributed by atoms with Crippen molar-refractivity contribution in [2.75, 3.05) is 0 Å². The molecule has 118 valence electrons. The highest BCUT2D eigenvalue weighted by Gasteiger charge is 2.09. The molecule has 0 aliphatic carbocycles. The fourth-order valence-electron chi connectivity index (χ4n) is 2.17. The second-order valence-corrected chi connectivity index (χ2v) is 5.93. The van der Waals surface area contributed by atoms with Gasteiger partial charge < -0.3 is 0 Å². The van der Waals surface area contributed by atoms with Crippen LogP contribution in [0.25, 0.3) is 0 Å². The van der Waals surface area contributed by atoms with Crippen LogP contribution in [0.4, 0.5) is 0 Å². The van der Waals surface area contributed by atoms with Crippen molar-refractivity contribution in [3.63, 3.8) is 0 Å². The summed E-state index contributed by atoms with van der Waals surface area (Å²) >= 11 is 3.43. The Bertz CT molecular complexity index is 847. The molecule has 1 N–H and O–H groups in total. The van der Waals surface area contributed by atoms with Crippen LogP contribution in [0, 0.1) is 0 Å². The molecule has 5 heteroatoms. The van der Waals surface area contributed by atoms with Gasteiger partial charge in [-0.15, -0.1) is 0 Å². The molecule has 0 bridgehead atoms. The first kappa shape index (κ1) is 16.1. The average Bonchev–Trinajstić information content (AvgIpc) is 2.65. The van der Waals surface area contributed by atoms with E-state index in [4.69, 9.17) is 0 Å². The smallest absolute Gasteiger partial charge is 0.267 e. The van der Waals surface area contributed by atoms with Gasteiger partial charge in [-0.2, -0.15) is 5.10 Å². The van der Waals surface area contributed by atoms with Crippen LogP contribution >= 0.6 is 15.9 Å². The molecule has 0 atom stereocenters. The molecule has 24 heavy (non-hydrogen) atoms. The Balaban J connectivity index is 1.93. The number of rotatable bonds is 4. The van der Waals surface area contributed by atoms with Gasteiger partial charge in [-0.3, -0.25) is 9.78 Å². The van der Waals surface area contributed by atoms with Crippen molar-refractivity contribution in [1.29, 1.82) is 0 Å². The number of pyridine rings is 1. The highest BCUT2D eigenvalue weighted by molar-refractivity contribution is 9.10. The number of hydrogen-bond acceptors (Lipinski definition) is 3. The predicted molar refractivity (Wildman–Crippen MR) is 97.9 cm³/mol. The molecular formula is C19H14BrN3O. The summed E-state index contributed by atoms with van der Waals surface area (Å²) in [6, 6.07) is 20.9. The number of halogens is 1. The highest BCUT2D eigenvalue weighted by atomic mass is 79.9. The van der Waals surface area contributed by atoms with Crippen LogP contribution < -0.4 is 5.43 Å². The summed E-state index contributed by atoms with van der Waals surface area (Å²) in [5.74, 6) is -0.298. The van der Waals surface area contributed by atoms with E-state index < -0.39 is 0 Å². The molecule has 3 rings (SSSR count). The first-order valence-corrected chi connectivity index (χ1v) is 8.13. The van der Waals surface area contributed by atoms with Crippen LogP contribution in [0.1, 0.15) is 21.5 Å². The number of aromatic nitrogens is 1. The Labute approximate surface area is 148 Å². The number of benzene rings is 2. The number of nitrogens with one attached hydrogen (secondary N) is 1. The first-order valence-electron chi connectivity index (χ1n) is 7.33. The fourth-order valence-corrected chi connectivity index (χ4v) is 2.43. The number of carbonyl (C=O) groups excluding carboxylic acids is 1. The maximum absolute atomic E-state index is 12.2. The molecule has 0 saturated carbocycles. The van der Waals surface area contributed by atoms with Crippen molar-refractivity contribution in [3.8, 4) is 0 Å². The number of nitrogens with zero attached hydrogens (tertiary/aromatic N) is 2. The summed E-state index contributed by atoms with van der Waals surface area (Å²) in [7, 11) is 0. The fraction of sp³-hybridized carbons (Fsp3) is 0. The molecule has 3 aromatic rings. The second kappa shape index (κ2) is 7.66. The van der Waals surface area contributed by atoms with Gasteiger partial charge in [0, 0.05) is 28.0 Å². The SMILES string of the molecule is O=C(N/N=C(\c1ccccc1)c1ccc(Br)cc1)c1cccnc1. The molecule has 1 amide bonds. The predicted octanol–water partition coefficient (Wildman–Crippen LogP) is 4.03. The van der Waals surface area contributed by atoms with Crippen molar-refractivity contribution >= 4 is 27.5 Å². The second-order valence-electron chi connectivity index (χ2n) is 5.02. The van der Waals surface area contributed by atoms with Crippen molar-refractivity contribution in [3.05, 3.63) is 100 Å². The minimum absolute atomic E-state index is 0.298. The molecule has 1 aromatic heterocycles. The van der Waals surface area contributed by atoms with E-state index in [0.29, 0.717) is 11.3 Å². The summed E-state index contributed by atoms with van der Waals surface area (Å²) < 4.78 is 0.984. The summed E-state index contributed by atoms with van der Waals surface area (Å²) in [6.07, 6.45) is 3.13. The minimum atomic E-state index is -0.298. The van der Waals surface area contributed by atoms with Gasteiger partial charge in [0.05, 0.1) is 11.3 Å². The maximum atomic E-state index is 12.2. The average molecular weight is 380 g/mol. The molecule has 4 nitrogen and oxygen atoms in total. The number of amides is 1. The Kier molecular flexibility index (Phi) is 5.13. The van der Waals surface area contributed by atoms with Gasteiger partial charge in [-0.05, 0) is 24.3 Å². The Morgan fingerprint density at radius 2 is 1.54 bits per heavy atom. The van der Waals surface area contributed by atoms with Crippen LogP contribution in [-0.4, -0.2) is 16.6 Å². The van der Waals surface area contributed by atoms with Crippen molar-refractivity contribution < 1.29 is 4.79 Å². The molecule has 0 saturated heterocycles. The molecular weight excluding hydrogens is 366 g/mol. The van der Waals surface area contributed by atoms with Crippen molar-refractivity contribution in [2.24, 2.45) is 5.10 Å². The van der Waals surface area contributed by atoms with E-state index in [0.717, 1.165) is 15.6 Å². The monoisotopic (exact) mass is 379 g/mol. The number of carbonyl (C=O) groups is 1. The quantitative estimate of drug-likeness (QED) is 0.549. The molecule has 0 unspecified atom stereocenters. The summed E-state index contributed by atoms with van der Waals surface area (Å²) in [6.45, 7) is 0. The Hall–Kier alpha value is -2.79. The van der Waals surface area contributed by atoms with Crippen LogP contribution in [-0.2, 0) is 0 Å². The lowest BCUT2D eigenvalue weighted by atomic mass is 10.0. The summed E-state index contributed by atoms with van der Waals surface area (Å²) in [5, 5.41) is 4.34. The van der Waals surface area contributed by atoms with Gasteiger partial charge in [0.2, 0.25) is 0 Å². The molecule has 0 radical (unpaired) electrons. The zero-order valence-electron chi connectivity index (χ0n) is 12.7. The molecule has 0 aliphatic rings. The standard InChI is InChI=1S/C19H14BrN3O/c20-17-10-8-15(9-11-17)18(14-5-2-1-3-6-14)22-23-19(24)16-7-4-12-21-13-16/h1-13H,(H,23,24)/b22-18+. The van der Waals surface area contributed by atoms with Crippen molar-refractivity contribution in [2.45, 2.75) is 0 Å². The third-order valence-electron chi connectivity index (χ3n) is 3.36. The first-order chi connectivity index (χ1) is 11.7.